The zero-order chi connectivity index (χ0) is 14.0. The molecule has 0 saturated carbocycles. The van der Waals surface area contributed by atoms with E-state index in [-0.39, 0.29) is 10.8 Å². The third-order valence-electron chi connectivity index (χ3n) is 2.70. The molecule has 0 saturated heterocycles. The SMILES string of the molecule is CCc1nn(Cc2ccc(Cl)cc2)c(Cl)c1[N+](=O)[O-]. The molecule has 0 fully saturated rings. The Morgan fingerprint density at radius 2 is 1.95 bits per heavy atom. The van der Waals surface area contributed by atoms with Gasteiger partial charge in [0, 0.05) is 5.02 Å². The van der Waals surface area contributed by atoms with Crippen LogP contribution in [0, 0.1) is 10.1 Å². The highest BCUT2D eigenvalue weighted by Crippen LogP contribution is 2.29. The van der Waals surface area contributed by atoms with Crippen LogP contribution in [-0.2, 0) is 13.0 Å². The Balaban J connectivity index is 2.35. The summed E-state index contributed by atoms with van der Waals surface area (Å²) < 4.78 is 1.43. The van der Waals surface area contributed by atoms with E-state index in [0.717, 1.165) is 5.56 Å². The lowest BCUT2D eigenvalue weighted by Crippen LogP contribution is -2.02. The monoisotopic (exact) mass is 299 g/mol. The molecule has 0 bridgehead atoms. The first-order valence-corrected chi connectivity index (χ1v) is 6.42. The Hall–Kier alpha value is -1.59. The highest BCUT2D eigenvalue weighted by atomic mass is 35.5. The first kappa shape index (κ1) is 13.8. The summed E-state index contributed by atoms with van der Waals surface area (Å²) in [7, 11) is 0. The molecule has 0 spiro atoms. The molecule has 0 aliphatic carbocycles. The molecule has 0 aliphatic rings. The van der Waals surface area contributed by atoms with Gasteiger partial charge in [0.2, 0.25) is 5.15 Å². The van der Waals surface area contributed by atoms with E-state index in [1.807, 2.05) is 12.1 Å². The van der Waals surface area contributed by atoms with Crippen molar-refractivity contribution >= 4 is 28.9 Å². The van der Waals surface area contributed by atoms with E-state index in [9.17, 15) is 10.1 Å². The molecule has 0 aliphatic heterocycles. The first-order valence-electron chi connectivity index (χ1n) is 5.67. The normalized spacial score (nSPS) is 10.7. The number of benzene rings is 1. The molecular weight excluding hydrogens is 289 g/mol. The van der Waals surface area contributed by atoms with E-state index in [1.165, 1.54) is 4.68 Å². The van der Waals surface area contributed by atoms with Crippen molar-refractivity contribution < 1.29 is 4.92 Å². The van der Waals surface area contributed by atoms with Crippen LogP contribution in [0.4, 0.5) is 5.69 Å². The van der Waals surface area contributed by atoms with Crippen molar-refractivity contribution in [1.29, 1.82) is 0 Å². The molecule has 0 unspecified atom stereocenters. The Labute approximate surface area is 119 Å². The van der Waals surface area contributed by atoms with Crippen molar-refractivity contribution in [2.45, 2.75) is 19.9 Å². The van der Waals surface area contributed by atoms with E-state index in [1.54, 1.807) is 19.1 Å². The topological polar surface area (TPSA) is 61.0 Å². The molecule has 0 N–H and O–H groups in total. The number of nitro groups is 1. The summed E-state index contributed by atoms with van der Waals surface area (Å²) in [4.78, 5) is 10.5. The quantitative estimate of drug-likeness (QED) is 0.638. The van der Waals surface area contributed by atoms with Crippen LogP contribution in [0.15, 0.2) is 24.3 Å². The number of aryl methyl sites for hydroxylation is 1. The van der Waals surface area contributed by atoms with Crippen LogP contribution in [0.3, 0.4) is 0 Å². The molecular formula is C12H11Cl2N3O2. The zero-order valence-corrected chi connectivity index (χ0v) is 11.6. The minimum atomic E-state index is -0.494. The average molecular weight is 300 g/mol. The maximum absolute atomic E-state index is 11.0. The Kier molecular flexibility index (Phi) is 4.07. The van der Waals surface area contributed by atoms with Gasteiger partial charge in [0.1, 0.15) is 5.69 Å². The van der Waals surface area contributed by atoms with Gasteiger partial charge in [0.15, 0.2) is 0 Å². The number of rotatable bonds is 4. The summed E-state index contributed by atoms with van der Waals surface area (Å²) in [5.41, 5.74) is 1.20. The number of hydrogen-bond acceptors (Lipinski definition) is 3. The highest BCUT2D eigenvalue weighted by molar-refractivity contribution is 6.31. The van der Waals surface area contributed by atoms with Gasteiger partial charge >= 0.3 is 5.69 Å². The highest BCUT2D eigenvalue weighted by Gasteiger charge is 2.25. The predicted molar refractivity (Wildman–Crippen MR) is 73.8 cm³/mol. The standard InChI is InChI=1S/C12H11Cl2N3O2/c1-2-10-11(17(18)19)12(14)16(15-10)7-8-3-5-9(13)6-4-8/h3-6H,2,7H2,1H3. The van der Waals surface area contributed by atoms with Crippen molar-refractivity contribution in [3.8, 4) is 0 Å². The molecule has 0 amide bonds. The molecule has 1 aromatic carbocycles. The van der Waals surface area contributed by atoms with Gasteiger partial charge in [0.05, 0.1) is 11.5 Å². The second-order valence-corrected chi connectivity index (χ2v) is 4.78. The van der Waals surface area contributed by atoms with Crippen LogP contribution in [0.25, 0.3) is 0 Å². The molecule has 2 aromatic rings. The van der Waals surface area contributed by atoms with Crippen molar-refractivity contribution in [3.63, 3.8) is 0 Å². The fourth-order valence-corrected chi connectivity index (χ4v) is 2.17. The molecule has 5 nitrogen and oxygen atoms in total. The molecule has 0 radical (unpaired) electrons. The number of nitrogens with zero attached hydrogens (tertiary/aromatic N) is 3. The molecule has 1 heterocycles. The van der Waals surface area contributed by atoms with E-state index in [0.29, 0.717) is 23.7 Å². The Bertz CT molecular complexity index is 608. The maximum Gasteiger partial charge on any atom is 0.329 e. The number of halogens is 2. The van der Waals surface area contributed by atoms with E-state index >= 15 is 0 Å². The smallest absolute Gasteiger partial charge is 0.258 e. The van der Waals surface area contributed by atoms with Gasteiger partial charge in [-0.2, -0.15) is 5.10 Å². The molecule has 1 aromatic heterocycles. The van der Waals surface area contributed by atoms with E-state index < -0.39 is 4.92 Å². The Morgan fingerprint density at radius 3 is 2.42 bits per heavy atom. The number of hydrogen-bond donors (Lipinski definition) is 0. The summed E-state index contributed by atoms with van der Waals surface area (Å²) in [6.07, 6.45) is 0.462. The van der Waals surface area contributed by atoms with Crippen LogP contribution in [0.2, 0.25) is 10.2 Å². The molecule has 100 valence electrons. The third kappa shape index (κ3) is 2.88. The first-order chi connectivity index (χ1) is 9.02. The van der Waals surface area contributed by atoms with E-state index in [4.69, 9.17) is 23.2 Å². The van der Waals surface area contributed by atoms with Crippen molar-refractivity contribution in [3.05, 3.63) is 55.8 Å². The largest absolute Gasteiger partial charge is 0.329 e. The van der Waals surface area contributed by atoms with Crippen molar-refractivity contribution in [2.24, 2.45) is 0 Å². The molecule has 19 heavy (non-hydrogen) atoms. The third-order valence-corrected chi connectivity index (χ3v) is 3.33. The summed E-state index contributed by atoms with van der Waals surface area (Å²) in [5, 5.41) is 15.8. The van der Waals surface area contributed by atoms with E-state index in [2.05, 4.69) is 5.10 Å². The van der Waals surface area contributed by atoms with Gasteiger partial charge in [0.25, 0.3) is 0 Å². The molecule has 2 rings (SSSR count). The second kappa shape index (κ2) is 5.59. The van der Waals surface area contributed by atoms with Gasteiger partial charge in [-0.25, -0.2) is 4.68 Å². The van der Waals surface area contributed by atoms with Crippen molar-refractivity contribution in [2.75, 3.05) is 0 Å². The van der Waals surface area contributed by atoms with Crippen LogP contribution in [-0.4, -0.2) is 14.7 Å². The summed E-state index contributed by atoms with van der Waals surface area (Å²) in [5.74, 6) is 0. The second-order valence-electron chi connectivity index (χ2n) is 3.98. The van der Waals surface area contributed by atoms with Crippen molar-refractivity contribution in [1.82, 2.24) is 9.78 Å². The van der Waals surface area contributed by atoms with Crippen LogP contribution in [0.1, 0.15) is 18.2 Å². The average Bonchev–Trinajstić information content (AvgIpc) is 2.69. The summed E-state index contributed by atoms with van der Waals surface area (Å²) >= 11 is 11.8. The predicted octanol–water partition coefficient (Wildman–Crippen LogP) is 3.71. The Morgan fingerprint density at radius 1 is 1.32 bits per heavy atom. The summed E-state index contributed by atoms with van der Waals surface area (Å²) in [6, 6.07) is 7.17. The maximum atomic E-state index is 11.0. The minimum absolute atomic E-state index is 0.0526. The van der Waals surface area contributed by atoms with Gasteiger partial charge in [-0.1, -0.05) is 42.3 Å². The van der Waals surface area contributed by atoms with Crippen LogP contribution < -0.4 is 0 Å². The van der Waals surface area contributed by atoms with Gasteiger partial charge < -0.3 is 0 Å². The van der Waals surface area contributed by atoms with Crippen LogP contribution in [0.5, 0.6) is 0 Å². The summed E-state index contributed by atoms with van der Waals surface area (Å²) in [6.45, 7) is 2.18. The van der Waals surface area contributed by atoms with Crippen LogP contribution >= 0.6 is 23.2 Å². The lowest BCUT2D eigenvalue weighted by molar-refractivity contribution is -0.385. The van der Waals surface area contributed by atoms with Gasteiger partial charge in [-0.15, -0.1) is 0 Å². The number of aromatic nitrogens is 2. The molecule has 7 heteroatoms. The fraction of sp³-hybridized carbons (Fsp3) is 0.250. The van der Waals surface area contributed by atoms with Gasteiger partial charge in [-0.3, -0.25) is 10.1 Å². The lowest BCUT2D eigenvalue weighted by atomic mass is 10.2. The molecule has 0 atom stereocenters. The fourth-order valence-electron chi connectivity index (χ4n) is 1.76. The minimum Gasteiger partial charge on any atom is -0.258 e. The zero-order valence-electron chi connectivity index (χ0n) is 10.1. The van der Waals surface area contributed by atoms with Gasteiger partial charge in [-0.05, 0) is 24.1 Å². The lowest BCUT2D eigenvalue weighted by Gasteiger charge is -2.02.